The minimum absolute atomic E-state index is 0.225. The van der Waals surface area contributed by atoms with Gasteiger partial charge in [-0.05, 0) is 27.9 Å². The molecule has 2 fully saturated rings. The molecule has 0 unspecified atom stereocenters. The number of nitrogens with zero attached hydrogens (tertiary/aromatic N) is 4. The van der Waals surface area contributed by atoms with E-state index in [4.69, 9.17) is 0 Å². The van der Waals surface area contributed by atoms with E-state index in [0.717, 1.165) is 0 Å². The Morgan fingerprint density at radius 3 is 1.18 bits per heavy atom. The highest BCUT2D eigenvalue weighted by molar-refractivity contribution is 4.88. The van der Waals surface area contributed by atoms with Crippen LogP contribution in [0.3, 0.4) is 0 Å². The molecule has 0 aromatic rings. The van der Waals surface area contributed by atoms with Crippen LogP contribution in [0, 0.1) is 0 Å². The van der Waals surface area contributed by atoms with Crippen molar-refractivity contribution in [1.29, 1.82) is 0 Å². The first-order valence-electron chi connectivity index (χ1n) is 6.87. The third-order valence-electron chi connectivity index (χ3n) is 4.55. The normalized spacial score (nSPS) is 27.5. The van der Waals surface area contributed by atoms with Crippen molar-refractivity contribution in [2.24, 2.45) is 0 Å². The first-order valence-corrected chi connectivity index (χ1v) is 6.87. The summed E-state index contributed by atoms with van der Waals surface area (Å²) in [6.45, 7) is 14.4. The van der Waals surface area contributed by atoms with Gasteiger partial charge >= 0.3 is 0 Å². The topological polar surface area (TPSA) is 13.0 Å². The Morgan fingerprint density at radius 1 is 0.588 bits per heavy atom. The molecule has 17 heavy (non-hydrogen) atoms. The van der Waals surface area contributed by atoms with Crippen molar-refractivity contribution < 1.29 is 0 Å². The average Bonchev–Trinajstić information content (AvgIpc) is 2.30. The summed E-state index contributed by atoms with van der Waals surface area (Å²) in [5.74, 6) is 0. The van der Waals surface area contributed by atoms with Gasteiger partial charge in [-0.3, -0.25) is 9.80 Å². The Bertz CT molecular complexity index is 214. The molecule has 4 heteroatoms. The van der Waals surface area contributed by atoms with E-state index in [9.17, 15) is 0 Å². The van der Waals surface area contributed by atoms with Crippen LogP contribution in [0.25, 0.3) is 0 Å². The van der Waals surface area contributed by atoms with Crippen LogP contribution < -0.4 is 0 Å². The standard InChI is InChI=1S/C13H28N4/c1-13(2,16-9-5-14(3)6-10-16)17-11-7-15(4)8-12-17/h5-12H2,1-4H3. The van der Waals surface area contributed by atoms with Crippen molar-refractivity contribution in [3.05, 3.63) is 0 Å². The molecule has 2 rings (SSSR count). The van der Waals surface area contributed by atoms with Crippen molar-refractivity contribution in [3.63, 3.8) is 0 Å². The second-order valence-electron chi connectivity index (χ2n) is 6.08. The van der Waals surface area contributed by atoms with Gasteiger partial charge in [0.1, 0.15) is 0 Å². The minimum Gasteiger partial charge on any atom is -0.304 e. The Kier molecular flexibility index (Phi) is 4.08. The lowest BCUT2D eigenvalue weighted by Crippen LogP contribution is -2.64. The molecule has 0 atom stereocenters. The molecule has 0 aromatic carbocycles. The summed E-state index contributed by atoms with van der Waals surface area (Å²) in [4.78, 5) is 10.2. The molecule has 2 heterocycles. The van der Waals surface area contributed by atoms with E-state index in [-0.39, 0.29) is 5.66 Å². The van der Waals surface area contributed by atoms with Gasteiger partial charge in [0.05, 0.1) is 5.66 Å². The van der Waals surface area contributed by atoms with Gasteiger partial charge in [-0.2, -0.15) is 0 Å². The minimum atomic E-state index is 0.225. The molecule has 2 aliphatic rings. The lowest BCUT2D eigenvalue weighted by atomic mass is 10.1. The zero-order valence-corrected chi connectivity index (χ0v) is 11.9. The third-order valence-corrected chi connectivity index (χ3v) is 4.55. The number of likely N-dealkylation sites (N-methyl/N-ethyl adjacent to an activating group) is 2. The van der Waals surface area contributed by atoms with E-state index in [0.29, 0.717) is 0 Å². The predicted molar refractivity (Wildman–Crippen MR) is 72.2 cm³/mol. The van der Waals surface area contributed by atoms with Crippen LogP contribution in [0.5, 0.6) is 0 Å². The maximum atomic E-state index is 2.65. The summed E-state index contributed by atoms with van der Waals surface area (Å²) < 4.78 is 0. The first-order chi connectivity index (χ1) is 8.00. The zero-order chi connectivity index (χ0) is 12.5. The van der Waals surface area contributed by atoms with Crippen LogP contribution >= 0.6 is 0 Å². The second kappa shape index (κ2) is 5.22. The van der Waals surface area contributed by atoms with Crippen LogP contribution in [-0.4, -0.2) is 91.7 Å². The molecule has 2 saturated heterocycles. The highest BCUT2D eigenvalue weighted by Crippen LogP contribution is 2.22. The van der Waals surface area contributed by atoms with Crippen LogP contribution in [-0.2, 0) is 0 Å². The van der Waals surface area contributed by atoms with Gasteiger partial charge in [-0.1, -0.05) is 0 Å². The van der Waals surface area contributed by atoms with E-state index in [2.05, 4.69) is 47.5 Å². The van der Waals surface area contributed by atoms with Crippen molar-refractivity contribution in [2.45, 2.75) is 19.5 Å². The molecule has 2 aliphatic heterocycles. The van der Waals surface area contributed by atoms with E-state index < -0.39 is 0 Å². The molecule has 0 bridgehead atoms. The molecular formula is C13H28N4. The molecule has 0 saturated carbocycles. The van der Waals surface area contributed by atoms with Gasteiger partial charge < -0.3 is 9.80 Å². The average molecular weight is 240 g/mol. The van der Waals surface area contributed by atoms with Gasteiger partial charge in [0.25, 0.3) is 0 Å². The largest absolute Gasteiger partial charge is 0.304 e. The molecule has 100 valence electrons. The van der Waals surface area contributed by atoms with Crippen LogP contribution in [0.2, 0.25) is 0 Å². The molecule has 0 amide bonds. The van der Waals surface area contributed by atoms with Crippen LogP contribution in [0.4, 0.5) is 0 Å². The van der Waals surface area contributed by atoms with Gasteiger partial charge in [0.2, 0.25) is 0 Å². The molecule has 4 nitrogen and oxygen atoms in total. The second-order valence-corrected chi connectivity index (χ2v) is 6.08. The van der Waals surface area contributed by atoms with E-state index in [1.807, 2.05) is 0 Å². The summed E-state index contributed by atoms with van der Waals surface area (Å²) >= 11 is 0. The summed E-state index contributed by atoms with van der Waals surface area (Å²) in [6.07, 6.45) is 0. The number of rotatable bonds is 2. The smallest absolute Gasteiger partial charge is 0.0681 e. The van der Waals surface area contributed by atoms with Crippen molar-refractivity contribution in [1.82, 2.24) is 19.6 Å². The van der Waals surface area contributed by atoms with Crippen LogP contribution in [0.15, 0.2) is 0 Å². The molecular weight excluding hydrogens is 212 g/mol. The lowest BCUT2D eigenvalue weighted by molar-refractivity contribution is -0.0686. The lowest BCUT2D eigenvalue weighted by Gasteiger charge is -2.51. The SMILES string of the molecule is CN1CCN(C(C)(C)N2CCN(C)CC2)CC1. The van der Waals surface area contributed by atoms with Gasteiger partial charge in [-0.25, -0.2) is 0 Å². The highest BCUT2D eigenvalue weighted by atomic mass is 15.4. The predicted octanol–water partition coefficient (Wildman–Crippen LogP) is 0.217. The molecule has 0 aromatic heterocycles. The summed E-state index contributed by atoms with van der Waals surface area (Å²) in [5, 5.41) is 0. The van der Waals surface area contributed by atoms with Gasteiger partial charge in [0, 0.05) is 52.4 Å². The third kappa shape index (κ3) is 2.99. The fraction of sp³-hybridized carbons (Fsp3) is 1.00. The van der Waals surface area contributed by atoms with Crippen LogP contribution in [0.1, 0.15) is 13.8 Å². The van der Waals surface area contributed by atoms with E-state index in [1.165, 1.54) is 52.4 Å². The quantitative estimate of drug-likeness (QED) is 0.684. The maximum Gasteiger partial charge on any atom is 0.0681 e. The summed E-state index contributed by atoms with van der Waals surface area (Å²) in [7, 11) is 4.44. The molecule has 0 radical (unpaired) electrons. The number of hydrogen-bond donors (Lipinski definition) is 0. The van der Waals surface area contributed by atoms with E-state index in [1.54, 1.807) is 0 Å². The van der Waals surface area contributed by atoms with Gasteiger partial charge in [-0.15, -0.1) is 0 Å². The maximum absolute atomic E-state index is 2.65. The Hall–Kier alpha value is -0.160. The molecule has 0 N–H and O–H groups in total. The Balaban J connectivity index is 1.93. The van der Waals surface area contributed by atoms with Crippen molar-refractivity contribution in [3.8, 4) is 0 Å². The number of hydrogen-bond acceptors (Lipinski definition) is 4. The summed E-state index contributed by atoms with van der Waals surface area (Å²) in [6, 6.07) is 0. The monoisotopic (exact) mass is 240 g/mol. The summed E-state index contributed by atoms with van der Waals surface area (Å²) in [5.41, 5.74) is 0.225. The molecule has 0 spiro atoms. The zero-order valence-electron chi connectivity index (χ0n) is 11.9. The van der Waals surface area contributed by atoms with Crippen molar-refractivity contribution in [2.75, 3.05) is 66.5 Å². The Morgan fingerprint density at radius 2 is 0.882 bits per heavy atom. The molecule has 0 aliphatic carbocycles. The Labute approximate surface area is 106 Å². The fourth-order valence-electron chi connectivity index (χ4n) is 2.91. The fourth-order valence-corrected chi connectivity index (χ4v) is 2.91. The van der Waals surface area contributed by atoms with Gasteiger partial charge in [0.15, 0.2) is 0 Å². The van der Waals surface area contributed by atoms with E-state index >= 15 is 0 Å². The number of piperazine rings is 2. The van der Waals surface area contributed by atoms with Crippen molar-refractivity contribution >= 4 is 0 Å². The highest BCUT2D eigenvalue weighted by Gasteiger charge is 2.35. The first kappa shape index (κ1) is 13.3.